The average Bonchev–Trinajstić information content (AvgIpc) is 3.54. The van der Waals surface area contributed by atoms with Gasteiger partial charge in [-0.2, -0.15) is 0 Å². The van der Waals surface area contributed by atoms with Gasteiger partial charge in [-0.25, -0.2) is 28.2 Å². The molecule has 3 aromatic carbocycles. The van der Waals surface area contributed by atoms with Crippen LogP contribution < -0.4 is 0 Å². The molecule has 0 aliphatic heterocycles. The largest absolute Gasteiger partial charge is 0.303 e. The van der Waals surface area contributed by atoms with Gasteiger partial charge < -0.3 is 9.59 Å². The number of aldehydes is 2. The maximum Gasteiger partial charge on any atom is 0.225 e. The fourth-order valence-electron chi connectivity index (χ4n) is 5.00. The summed E-state index contributed by atoms with van der Waals surface area (Å²) in [5.41, 5.74) is 6.97. The number of rotatable bonds is 5. The molecule has 0 aliphatic rings. The third-order valence-corrected chi connectivity index (χ3v) is 6.68. The molecule has 9 nitrogen and oxygen atoms in total. The lowest BCUT2D eigenvalue weighted by Crippen LogP contribution is -2.04. The minimum Gasteiger partial charge on any atom is -0.303 e. The van der Waals surface area contributed by atoms with Crippen molar-refractivity contribution in [3.63, 3.8) is 0 Å². The lowest BCUT2D eigenvalue weighted by atomic mass is 10.1. The first kappa shape index (κ1) is 20.5. The predicted octanol–water partition coefficient (Wildman–Crippen LogP) is 3.77. The van der Waals surface area contributed by atoms with Crippen molar-refractivity contribution in [1.82, 2.24) is 28.2 Å². The van der Waals surface area contributed by atoms with Gasteiger partial charge in [0.2, 0.25) is 17.3 Å². The van der Waals surface area contributed by atoms with E-state index in [4.69, 9.17) is 15.0 Å². The Morgan fingerprint density at radius 1 is 0.667 bits per heavy atom. The molecule has 174 valence electrons. The Bertz CT molecular complexity index is 2060. The lowest BCUT2D eigenvalue weighted by Gasteiger charge is -2.05. The Morgan fingerprint density at radius 3 is 1.50 bits per heavy atom. The first-order valence-corrected chi connectivity index (χ1v) is 11.5. The third-order valence-electron chi connectivity index (χ3n) is 6.68. The molecule has 4 aromatic heterocycles. The fourth-order valence-corrected chi connectivity index (χ4v) is 5.00. The fraction of sp³-hybridized carbons (Fsp3) is 0.111. The van der Waals surface area contributed by atoms with Crippen molar-refractivity contribution in [2.24, 2.45) is 0 Å². The molecule has 0 bridgehead atoms. The smallest absolute Gasteiger partial charge is 0.225 e. The van der Waals surface area contributed by atoms with Crippen LogP contribution in [0.1, 0.15) is 28.4 Å². The summed E-state index contributed by atoms with van der Waals surface area (Å²) in [6, 6.07) is 17.0. The zero-order valence-corrected chi connectivity index (χ0v) is 19.2. The molecule has 9 heteroatoms. The standard InChI is InChI=1S/C27H18N6O3/c1-15(36)18-4-7-24-21(14-18)30-27-32-23-6-3-17(9-11-35)13-20(23)28-25(32)31-22-5-2-16(8-10-34)12-19(22)29-26(31)33(24)27/h2-7,10-14H,8-9H2,1H3. The number of carbonyl (C=O) groups is 3. The van der Waals surface area contributed by atoms with E-state index in [9.17, 15) is 14.4 Å². The number of nitrogens with zero attached hydrogens (tertiary/aromatic N) is 6. The summed E-state index contributed by atoms with van der Waals surface area (Å²) in [4.78, 5) is 49.0. The van der Waals surface area contributed by atoms with E-state index in [-0.39, 0.29) is 5.78 Å². The SMILES string of the molecule is CC(=O)c1ccc2c(c1)nc1n3c4ccc(CC=O)cc4nc3n3c4ccc(CC=O)cc4nc3n21. The quantitative estimate of drug-likeness (QED) is 0.278. The Kier molecular flexibility index (Phi) is 4.14. The van der Waals surface area contributed by atoms with Gasteiger partial charge in [0.1, 0.15) is 12.6 Å². The highest BCUT2D eigenvalue weighted by Gasteiger charge is 2.21. The van der Waals surface area contributed by atoms with Gasteiger partial charge in [0.05, 0.1) is 33.1 Å². The molecule has 0 N–H and O–H groups in total. The van der Waals surface area contributed by atoms with E-state index >= 15 is 0 Å². The number of hydrogen-bond acceptors (Lipinski definition) is 6. The molecule has 0 atom stereocenters. The first-order valence-electron chi connectivity index (χ1n) is 11.5. The molecule has 7 rings (SSSR count). The van der Waals surface area contributed by atoms with Crippen molar-refractivity contribution in [2.45, 2.75) is 19.8 Å². The normalized spacial score (nSPS) is 12.0. The number of ketones is 1. The van der Waals surface area contributed by atoms with Crippen LogP contribution in [0.3, 0.4) is 0 Å². The van der Waals surface area contributed by atoms with Gasteiger partial charge in [0.25, 0.3) is 0 Å². The van der Waals surface area contributed by atoms with Gasteiger partial charge in [0.15, 0.2) is 5.78 Å². The highest BCUT2D eigenvalue weighted by molar-refractivity contribution is 5.98. The molecule has 0 saturated carbocycles. The minimum atomic E-state index is -0.0331. The Morgan fingerprint density at radius 2 is 1.08 bits per heavy atom. The van der Waals surface area contributed by atoms with E-state index in [2.05, 4.69) is 0 Å². The van der Waals surface area contributed by atoms with Crippen molar-refractivity contribution >= 4 is 68.8 Å². The summed E-state index contributed by atoms with van der Waals surface area (Å²) >= 11 is 0. The van der Waals surface area contributed by atoms with E-state index in [1.54, 1.807) is 12.1 Å². The summed E-state index contributed by atoms with van der Waals surface area (Å²) in [6.07, 6.45) is 2.37. The van der Waals surface area contributed by atoms with Gasteiger partial charge in [0, 0.05) is 18.4 Å². The topological polar surface area (TPSA) is 103 Å². The van der Waals surface area contributed by atoms with Crippen LogP contribution in [0.2, 0.25) is 0 Å². The van der Waals surface area contributed by atoms with Crippen LogP contribution in [-0.2, 0) is 22.4 Å². The van der Waals surface area contributed by atoms with Gasteiger partial charge >= 0.3 is 0 Å². The third kappa shape index (κ3) is 2.70. The second kappa shape index (κ2) is 7.29. The molecule has 4 heterocycles. The van der Waals surface area contributed by atoms with Crippen molar-refractivity contribution in [2.75, 3.05) is 0 Å². The maximum atomic E-state index is 12.0. The van der Waals surface area contributed by atoms with Crippen LogP contribution in [0.25, 0.3) is 50.4 Å². The average molecular weight is 474 g/mol. The zero-order valence-electron chi connectivity index (χ0n) is 19.2. The molecule has 0 fully saturated rings. The van der Waals surface area contributed by atoms with Crippen molar-refractivity contribution < 1.29 is 14.4 Å². The van der Waals surface area contributed by atoms with Gasteiger partial charge in [-0.3, -0.25) is 4.79 Å². The van der Waals surface area contributed by atoms with Gasteiger partial charge in [-0.15, -0.1) is 0 Å². The van der Waals surface area contributed by atoms with E-state index in [0.29, 0.717) is 41.3 Å². The number of fused-ring (bicyclic) bond motifs is 12. The second-order valence-electron chi connectivity index (χ2n) is 8.89. The Hall–Kier alpha value is -4.92. The van der Waals surface area contributed by atoms with Crippen molar-refractivity contribution in [1.29, 1.82) is 0 Å². The summed E-state index contributed by atoms with van der Waals surface area (Å²) in [6.45, 7) is 1.53. The number of aromatic nitrogens is 6. The zero-order chi connectivity index (χ0) is 24.6. The molecule has 0 unspecified atom stereocenters. The maximum absolute atomic E-state index is 12.0. The van der Waals surface area contributed by atoms with Crippen LogP contribution in [0, 0.1) is 0 Å². The molecule has 0 spiro atoms. The molecule has 0 amide bonds. The van der Waals surface area contributed by atoms with Crippen LogP contribution in [0.15, 0.2) is 54.6 Å². The summed E-state index contributed by atoms with van der Waals surface area (Å²) in [7, 11) is 0. The van der Waals surface area contributed by atoms with E-state index < -0.39 is 0 Å². The van der Waals surface area contributed by atoms with E-state index in [1.807, 2.05) is 55.7 Å². The number of carbonyl (C=O) groups excluding carboxylic acids is 3. The summed E-state index contributed by atoms with van der Waals surface area (Å²) in [5, 5.41) is 0. The molecule has 36 heavy (non-hydrogen) atoms. The van der Waals surface area contributed by atoms with Crippen molar-refractivity contribution in [3.8, 4) is 0 Å². The lowest BCUT2D eigenvalue weighted by molar-refractivity contribution is -0.108. The second-order valence-corrected chi connectivity index (χ2v) is 8.89. The molecule has 0 saturated heterocycles. The highest BCUT2D eigenvalue weighted by atomic mass is 16.1. The van der Waals surface area contributed by atoms with E-state index in [0.717, 1.165) is 51.3 Å². The summed E-state index contributed by atoms with van der Waals surface area (Å²) in [5.74, 6) is 1.83. The van der Waals surface area contributed by atoms with E-state index in [1.165, 1.54) is 6.92 Å². The van der Waals surface area contributed by atoms with Crippen LogP contribution in [0.4, 0.5) is 0 Å². The number of imidazole rings is 3. The number of Topliss-reactive ketones (excluding diaryl/α,β-unsaturated/α-hetero) is 1. The Labute approximate surface area is 202 Å². The predicted molar refractivity (Wildman–Crippen MR) is 135 cm³/mol. The molecule has 7 aromatic rings. The molecular weight excluding hydrogens is 456 g/mol. The monoisotopic (exact) mass is 474 g/mol. The molecule has 0 aliphatic carbocycles. The first-order chi connectivity index (χ1) is 17.6. The highest BCUT2D eigenvalue weighted by Crippen LogP contribution is 2.29. The van der Waals surface area contributed by atoms with Gasteiger partial charge in [-0.05, 0) is 60.5 Å². The minimum absolute atomic E-state index is 0.0331. The number of hydrogen-bond donors (Lipinski definition) is 0. The molecule has 0 radical (unpaired) electrons. The van der Waals surface area contributed by atoms with Crippen LogP contribution >= 0.6 is 0 Å². The van der Waals surface area contributed by atoms with Crippen LogP contribution in [-0.4, -0.2) is 46.5 Å². The van der Waals surface area contributed by atoms with Crippen LogP contribution in [0.5, 0.6) is 0 Å². The van der Waals surface area contributed by atoms with Gasteiger partial charge in [-0.1, -0.05) is 12.1 Å². The van der Waals surface area contributed by atoms with Crippen molar-refractivity contribution in [3.05, 3.63) is 71.3 Å². The molecular formula is C27H18N6O3. The summed E-state index contributed by atoms with van der Waals surface area (Å²) < 4.78 is 5.92. The Balaban J connectivity index is 1.72. The number of benzene rings is 3.